The zero-order valence-electron chi connectivity index (χ0n) is 21.0. The Morgan fingerprint density at radius 3 is 1.66 bits per heavy atom. The molecule has 1 rings (SSSR count). The fourth-order valence-electron chi connectivity index (χ4n) is 3.92. The molecular weight excluding hydrogens is 398 g/mol. The predicted octanol–water partition coefficient (Wildman–Crippen LogP) is 7.81. The van der Waals surface area contributed by atoms with Crippen molar-refractivity contribution < 1.29 is 14.3 Å². The van der Waals surface area contributed by atoms with Gasteiger partial charge in [-0.05, 0) is 31.4 Å². The molecule has 182 valence electrons. The number of ether oxygens (including phenoxy) is 1. The van der Waals surface area contributed by atoms with E-state index in [4.69, 9.17) is 4.74 Å². The summed E-state index contributed by atoms with van der Waals surface area (Å²) in [5.41, 5.74) is 0.878. The molecule has 0 heterocycles. The Morgan fingerprint density at radius 1 is 0.656 bits per heavy atom. The van der Waals surface area contributed by atoms with Crippen molar-refractivity contribution in [3.63, 3.8) is 0 Å². The van der Waals surface area contributed by atoms with E-state index in [0.29, 0.717) is 17.7 Å². The first-order valence-electron chi connectivity index (χ1n) is 13.2. The Morgan fingerprint density at radius 2 is 1.12 bits per heavy atom. The van der Waals surface area contributed by atoms with Crippen LogP contribution in [-0.4, -0.2) is 36.5 Å². The number of benzene rings is 1. The molecule has 0 aromatic heterocycles. The van der Waals surface area contributed by atoms with Crippen LogP contribution in [0.25, 0.3) is 0 Å². The van der Waals surface area contributed by atoms with Crippen molar-refractivity contribution in [2.75, 3.05) is 19.7 Å². The highest BCUT2D eigenvalue weighted by atomic mass is 16.5. The van der Waals surface area contributed by atoms with Crippen molar-refractivity contribution in [3.05, 3.63) is 35.4 Å². The molecular formula is C28H47NO3. The van der Waals surface area contributed by atoms with Gasteiger partial charge in [0.25, 0.3) is 5.91 Å². The largest absolute Gasteiger partial charge is 0.462 e. The Labute approximate surface area is 197 Å². The van der Waals surface area contributed by atoms with Crippen LogP contribution in [0.2, 0.25) is 0 Å². The molecule has 0 saturated heterocycles. The van der Waals surface area contributed by atoms with Crippen LogP contribution in [0.15, 0.2) is 24.3 Å². The third-order valence-corrected chi connectivity index (χ3v) is 5.96. The molecule has 1 aromatic rings. The molecule has 0 aliphatic heterocycles. The average molecular weight is 446 g/mol. The number of esters is 1. The molecule has 32 heavy (non-hydrogen) atoms. The summed E-state index contributed by atoms with van der Waals surface area (Å²) in [6.45, 7) is 8.53. The van der Waals surface area contributed by atoms with Gasteiger partial charge in [-0.2, -0.15) is 0 Å². The summed E-state index contributed by atoms with van der Waals surface area (Å²) in [5, 5.41) is 0. The van der Waals surface area contributed by atoms with Crippen LogP contribution in [-0.2, 0) is 4.74 Å². The predicted molar refractivity (Wildman–Crippen MR) is 134 cm³/mol. The fourth-order valence-corrected chi connectivity index (χ4v) is 3.92. The van der Waals surface area contributed by atoms with Gasteiger partial charge < -0.3 is 9.64 Å². The molecule has 0 atom stereocenters. The van der Waals surface area contributed by atoms with E-state index in [9.17, 15) is 9.59 Å². The number of hydrogen-bond acceptors (Lipinski definition) is 3. The van der Waals surface area contributed by atoms with Gasteiger partial charge in [-0.3, -0.25) is 4.79 Å². The molecule has 0 N–H and O–H groups in total. The Balaban J connectivity index is 2.77. The van der Waals surface area contributed by atoms with Crippen LogP contribution in [0.1, 0.15) is 131 Å². The van der Waals surface area contributed by atoms with Gasteiger partial charge in [0, 0.05) is 13.1 Å². The lowest BCUT2D eigenvalue weighted by molar-refractivity contribution is 0.0490. The summed E-state index contributed by atoms with van der Waals surface area (Å²) >= 11 is 0. The summed E-state index contributed by atoms with van der Waals surface area (Å²) in [4.78, 5) is 28.1. The van der Waals surface area contributed by atoms with E-state index in [1.54, 1.807) is 12.1 Å². The molecule has 1 aromatic carbocycles. The van der Waals surface area contributed by atoms with Crippen molar-refractivity contribution in [3.8, 4) is 0 Å². The highest BCUT2D eigenvalue weighted by molar-refractivity contribution is 6.05. The molecule has 0 unspecified atom stereocenters. The molecule has 0 fully saturated rings. The van der Waals surface area contributed by atoms with Crippen molar-refractivity contribution in [2.45, 2.75) is 111 Å². The highest BCUT2D eigenvalue weighted by Gasteiger charge is 2.22. The molecule has 0 spiro atoms. The van der Waals surface area contributed by atoms with E-state index in [0.717, 1.165) is 64.5 Å². The standard InChI is InChI=1S/C28H47NO3/c1-4-7-10-13-17-22-29(23-18-14-11-8-5-2)27(30)25-20-15-16-21-26(25)28(31)32-24-19-12-9-6-3/h15-16,20-21H,4-14,17-19,22-24H2,1-3H3. The van der Waals surface area contributed by atoms with Crippen LogP contribution < -0.4 is 0 Å². The normalized spacial score (nSPS) is 10.8. The van der Waals surface area contributed by atoms with E-state index >= 15 is 0 Å². The minimum atomic E-state index is -0.378. The lowest BCUT2D eigenvalue weighted by atomic mass is 10.0. The van der Waals surface area contributed by atoms with Crippen molar-refractivity contribution in [2.24, 2.45) is 0 Å². The van der Waals surface area contributed by atoms with E-state index in [1.165, 1.54) is 38.5 Å². The van der Waals surface area contributed by atoms with E-state index < -0.39 is 0 Å². The van der Waals surface area contributed by atoms with Gasteiger partial charge >= 0.3 is 5.97 Å². The van der Waals surface area contributed by atoms with E-state index in [2.05, 4.69) is 20.8 Å². The third kappa shape index (κ3) is 11.7. The van der Waals surface area contributed by atoms with Crippen LogP contribution >= 0.6 is 0 Å². The van der Waals surface area contributed by atoms with Crippen molar-refractivity contribution in [1.82, 2.24) is 4.90 Å². The number of nitrogens with zero attached hydrogens (tertiary/aromatic N) is 1. The number of carbonyl (C=O) groups excluding carboxylic acids is 2. The lowest BCUT2D eigenvalue weighted by Gasteiger charge is -2.24. The molecule has 4 nitrogen and oxygen atoms in total. The van der Waals surface area contributed by atoms with Crippen LogP contribution in [0, 0.1) is 0 Å². The first-order chi connectivity index (χ1) is 15.7. The molecule has 0 aliphatic rings. The quantitative estimate of drug-likeness (QED) is 0.161. The molecule has 4 heteroatoms. The zero-order valence-corrected chi connectivity index (χ0v) is 21.0. The molecule has 1 amide bonds. The summed E-state index contributed by atoms with van der Waals surface area (Å²) in [7, 11) is 0. The summed E-state index contributed by atoms with van der Waals surface area (Å²) in [6, 6.07) is 7.15. The van der Waals surface area contributed by atoms with Crippen LogP contribution in [0.4, 0.5) is 0 Å². The highest BCUT2D eigenvalue weighted by Crippen LogP contribution is 2.16. The van der Waals surface area contributed by atoms with Gasteiger partial charge in [0.2, 0.25) is 0 Å². The third-order valence-electron chi connectivity index (χ3n) is 5.96. The second-order valence-corrected chi connectivity index (χ2v) is 8.86. The molecule has 0 saturated carbocycles. The Bertz CT molecular complexity index is 615. The molecule has 0 radical (unpaired) electrons. The van der Waals surface area contributed by atoms with E-state index in [-0.39, 0.29) is 11.9 Å². The number of rotatable bonds is 19. The molecule has 0 aliphatic carbocycles. The fraction of sp³-hybridized carbons (Fsp3) is 0.714. The minimum Gasteiger partial charge on any atom is -0.462 e. The maximum Gasteiger partial charge on any atom is 0.338 e. The smallest absolute Gasteiger partial charge is 0.338 e. The summed E-state index contributed by atoms with van der Waals surface area (Å²) < 4.78 is 5.49. The first-order valence-corrected chi connectivity index (χ1v) is 13.2. The zero-order chi connectivity index (χ0) is 23.4. The molecule has 0 bridgehead atoms. The van der Waals surface area contributed by atoms with Crippen molar-refractivity contribution in [1.29, 1.82) is 0 Å². The number of carbonyl (C=O) groups is 2. The SMILES string of the molecule is CCCCCCCN(CCCCCCC)C(=O)c1ccccc1C(=O)OCCCCCC. The minimum absolute atomic E-state index is 0.0329. The average Bonchev–Trinajstić information content (AvgIpc) is 2.81. The second-order valence-electron chi connectivity index (χ2n) is 8.86. The number of unbranched alkanes of at least 4 members (excludes halogenated alkanes) is 11. The topological polar surface area (TPSA) is 46.6 Å². The maximum absolute atomic E-state index is 13.4. The monoisotopic (exact) mass is 445 g/mol. The van der Waals surface area contributed by atoms with Crippen molar-refractivity contribution >= 4 is 11.9 Å². The summed E-state index contributed by atoms with van der Waals surface area (Å²) in [5.74, 6) is -0.411. The van der Waals surface area contributed by atoms with Gasteiger partial charge in [-0.25, -0.2) is 4.79 Å². The van der Waals surface area contributed by atoms with Gasteiger partial charge in [0.05, 0.1) is 17.7 Å². The maximum atomic E-state index is 13.4. The number of hydrogen-bond donors (Lipinski definition) is 0. The number of amides is 1. The summed E-state index contributed by atoms with van der Waals surface area (Å²) in [6.07, 6.45) is 15.9. The first kappa shape index (κ1) is 28.2. The lowest BCUT2D eigenvalue weighted by Crippen LogP contribution is -2.34. The van der Waals surface area contributed by atoms with Gasteiger partial charge in [-0.15, -0.1) is 0 Å². The van der Waals surface area contributed by atoms with Gasteiger partial charge in [0.1, 0.15) is 0 Å². The van der Waals surface area contributed by atoms with E-state index in [1.807, 2.05) is 17.0 Å². The van der Waals surface area contributed by atoms with Crippen LogP contribution in [0.3, 0.4) is 0 Å². The van der Waals surface area contributed by atoms with Gasteiger partial charge in [0.15, 0.2) is 0 Å². The Hall–Kier alpha value is -1.84. The van der Waals surface area contributed by atoms with Gasteiger partial charge in [-0.1, -0.05) is 104 Å². The Kier molecular flexibility index (Phi) is 16.5. The van der Waals surface area contributed by atoms with Crippen LogP contribution in [0.5, 0.6) is 0 Å². The second kappa shape index (κ2) is 18.7.